The Labute approximate surface area is 55.5 Å². The summed E-state index contributed by atoms with van der Waals surface area (Å²) in [7, 11) is 0. The van der Waals surface area contributed by atoms with Crippen LogP contribution in [0.3, 0.4) is 0 Å². The van der Waals surface area contributed by atoms with Crippen molar-refractivity contribution in [3.05, 3.63) is 0 Å². The molecule has 0 spiro atoms. The van der Waals surface area contributed by atoms with Gasteiger partial charge in [0.05, 0.1) is 6.10 Å². The zero-order chi connectivity index (χ0) is 7.28. The van der Waals surface area contributed by atoms with Crippen LogP contribution in [0.5, 0.6) is 0 Å². The molecule has 0 aromatic heterocycles. The second-order valence-corrected chi connectivity index (χ2v) is 2.26. The summed E-state index contributed by atoms with van der Waals surface area (Å²) in [5.74, 6) is -0.0463. The molecule has 0 bridgehead atoms. The lowest BCUT2D eigenvalue weighted by atomic mass is 10.0. The Bertz CT molecular complexity index is 66.1. The number of hydrogen-bond acceptors (Lipinski definition) is 3. The van der Waals surface area contributed by atoms with Crippen LogP contribution in [0.2, 0.25) is 0 Å². The van der Waals surface area contributed by atoms with Crippen molar-refractivity contribution >= 4 is 0 Å². The smallest absolute Gasteiger partial charge is 0.0562 e. The van der Waals surface area contributed by atoms with E-state index in [2.05, 4.69) is 0 Å². The predicted molar refractivity (Wildman–Crippen MR) is 35.9 cm³/mol. The van der Waals surface area contributed by atoms with Gasteiger partial charge in [0.15, 0.2) is 0 Å². The van der Waals surface area contributed by atoms with Crippen molar-refractivity contribution in [2.24, 2.45) is 11.7 Å². The number of hydrogen-bond donors (Lipinski definition) is 3. The summed E-state index contributed by atoms with van der Waals surface area (Å²) in [6, 6.07) is 0. The van der Waals surface area contributed by atoms with E-state index in [1.54, 1.807) is 6.92 Å². The molecular formula is C6H15NO2. The van der Waals surface area contributed by atoms with Crippen molar-refractivity contribution < 1.29 is 10.2 Å². The Morgan fingerprint density at radius 3 is 2.22 bits per heavy atom. The first kappa shape index (κ1) is 8.88. The third-order valence-electron chi connectivity index (χ3n) is 1.45. The number of nitrogens with two attached hydrogens (primary N) is 1. The highest BCUT2D eigenvalue weighted by Crippen LogP contribution is 2.05. The fourth-order valence-electron chi connectivity index (χ4n) is 0.699. The van der Waals surface area contributed by atoms with E-state index in [9.17, 15) is 0 Å². The molecule has 0 aromatic carbocycles. The fourth-order valence-corrected chi connectivity index (χ4v) is 0.699. The van der Waals surface area contributed by atoms with Crippen LogP contribution in [0.25, 0.3) is 0 Å². The van der Waals surface area contributed by atoms with Gasteiger partial charge in [-0.15, -0.1) is 0 Å². The maximum atomic E-state index is 8.93. The topological polar surface area (TPSA) is 66.5 Å². The van der Waals surface area contributed by atoms with Crippen molar-refractivity contribution in [1.29, 1.82) is 0 Å². The first-order chi connectivity index (χ1) is 4.22. The minimum Gasteiger partial charge on any atom is -0.396 e. The maximum absolute atomic E-state index is 8.93. The van der Waals surface area contributed by atoms with Gasteiger partial charge in [-0.1, -0.05) is 0 Å². The van der Waals surface area contributed by atoms with E-state index in [-0.39, 0.29) is 12.5 Å². The first-order valence-corrected chi connectivity index (χ1v) is 3.21. The first-order valence-electron chi connectivity index (χ1n) is 3.21. The molecule has 3 heteroatoms. The summed E-state index contributed by atoms with van der Waals surface area (Å²) in [5.41, 5.74) is 5.22. The van der Waals surface area contributed by atoms with Crippen molar-refractivity contribution in [3.63, 3.8) is 0 Å². The van der Waals surface area contributed by atoms with Gasteiger partial charge in [-0.3, -0.25) is 0 Å². The molecule has 3 nitrogen and oxygen atoms in total. The van der Waals surface area contributed by atoms with Crippen LogP contribution in [-0.4, -0.2) is 29.5 Å². The lowest BCUT2D eigenvalue weighted by Crippen LogP contribution is -2.23. The molecular weight excluding hydrogens is 118 g/mol. The Morgan fingerprint density at radius 1 is 1.56 bits per heavy atom. The van der Waals surface area contributed by atoms with Gasteiger partial charge in [0.1, 0.15) is 0 Å². The summed E-state index contributed by atoms with van der Waals surface area (Å²) >= 11 is 0. The minimum atomic E-state index is -0.446. The molecule has 0 rings (SSSR count). The lowest BCUT2D eigenvalue weighted by Gasteiger charge is -2.14. The van der Waals surface area contributed by atoms with Gasteiger partial charge in [0.2, 0.25) is 0 Å². The molecule has 0 fully saturated rings. The second kappa shape index (κ2) is 4.73. The van der Waals surface area contributed by atoms with Crippen LogP contribution in [0.4, 0.5) is 0 Å². The van der Waals surface area contributed by atoms with Crippen molar-refractivity contribution in [1.82, 2.24) is 0 Å². The Morgan fingerprint density at radius 2 is 2.11 bits per heavy atom. The van der Waals surface area contributed by atoms with Gasteiger partial charge in [-0.25, -0.2) is 0 Å². The molecule has 0 aliphatic carbocycles. The molecule has 2 atom stereocenters. The Hall–Kier alpha value is -0.120. The van der Waals surface area contributed by atoms with Crippen molar-refractivity contribution in [2.45, 2.75) is 19.4 Å². The number of aliphatic hydroxyl groups excluding tert-OH is 2. The molecule has 0 saturated carbocycles. The van der Waals surface area contributed by atoms with Crippen LogP contribution < -0.4 is 5.73 Å². The van der Waals surface area contributed by atoms with Gasteiger partial charge in [-0.05, 0) is 19.9 Å². The van der Waals surface area contributed by atoms with Crippen molar-refractivity contribution in [2.75, 3.05) is 13.2 Å². The standard InChI is InChI=1S/C6H15NO2/c1-5(9)6(4-8)2-3-7/h5-6,8-9H,2-4,7H2,1H3. The third-order valence-corrected chi connectivity index (χ3v) is 1.45. The Kier molecular flexibility index (Phi) is 4.67. The number of aliphatic hydroxyl groups is 2. The van der Waals surface area contributed by atoms with Crippen molar-refractivity contribution in [3.8, 4) is 0 Å². The van der Waals surface area contributed by atoms with E-state index in [0.717, 1.165) is 0 Å². The molecule has 0 aliphatic heterocycles. The third kappa shape index (κ3) is 3.46. The number of rotatable bonds is 4. The highest BCUT2D eigenvalue weighted by Gasteiger charge is 2.11. The van der Waals surface area contributed by atoms with Gasteiger partial charge in [0, 0.05) is 12.5 Å². The molecule has 4 N–H and O–H groups in total. The zero-order valence-corrected chi connectivity index (χ0v) is 5.75. The van der Waals surface area contributed by atoms with E-state index in [1.807, 2.05) is 0 Å². The van der Waals surface area contributed by atoms with E-state index >= 15 is 0 Å². The van der Waals surface area contributed by atoms with Crippen LogP contribution in [0.15, 0.2) is 0 Å². The van der Waals surface area contributed by atoms with Crippen LogP contribution in [-0.2, 0) is 0 Å². The molecule has 0 aromatic rings. The fraction of sp³-hybridized carbons (Fsp3) is 1.00. The zero-order valence-electron chi connectivity index (χ0n) is 5.75. The van der Waals surface area contributed by atoms with Gasteiger partial charge in [-0.2, -0.15) is 0 Å². The molecule has 9 heavy (non-hydrogen) atoms. The highest BCUT2D eigenvalue weighted by molar-refractivity contribution is 4.63. The summed E-state index contributed by atoms with van der Waals surface area (Å²) in [5, 5.41) is 17.5. The summed E-state index contributed by atoms with van der Waals surface area (Å²) in [6.45, 7) is 2.21. The van der Waals surface area contributed by atoms with E-state index in [1.165, 1.54) is 0 Å². The highest BCUT2D eigenvalue weighted by atomic mass is 16.3. The molecule has 0 amide bonds. The molecule has 0 aliphatic rings. The molecule has 0 radical (unpaired) electrons. The summed E-state index contributed by atoms with van der Waals surface area (Å²) < 4.78 is 0. The second-order valence-electron chi connectivity index (χ2n) is 2.26. The average molecular weight is 133 g/mol. The molecule has 56 valence electrons. The minimum absolute atomic E-state index is 0.0227. The normalized spacial score (nSPS) is 17.3. The van der Waals surface area contributed by atoms with Crippen LogP contribution in [0.1, 0.15) is 13.3 Å². The average Bonchev–Trinajstić information content (AvgIpc) is 1.82. The molecule has 2 unspecified atom stereocenters. The summed E-state index contributed by atoms with van der Waals surface area (Å²) in [6.07, 6.45) is 0.243. The summed E-state index contributed by atoms with van der Waals surface area (Å²) in [4.78, 5) is 0. The van der Waals surface area contributed by atoms with Crippen LogP contribution in [0, 0.1) is 5.92 Å². The molecule has 0 saturated heterocycles. The predicted octanol–water partition coefficient (Wildman–Crippen LogP) is -0.676. The van der Waals surface area contributed by atoms with Crippen LogP contribution >= 0.6 is 0 Å². The van der Waals surface area contributed by atoms with Gasteiger partial charge < -0.3 is 15.9 Å². The Balaban J connectivity index is 3.41. The quantitative estimate of drug-likeness (QED) is 0.476. The lowest BCUT2D eigenvalue weighted by molar-refractivity contribution is 0.0772. The van der Waals surface area contributed by atoms with E-state index in [0.29, 0.717) is 13.0 Å². The van der Waals surface area contributed by atoms with Gasteiger partial charge in [0.25, 0.3) is 0 Å². The largest absolute Gasteiger partial charge is 0.396 e. The van der Waals surface area contributed by atoms with E-state index in [4.69, 9.17) is 15.9 Å². The SMILES string of the molecule is CC(O)C(CO)CCN. The maximum Gasteiger partial charge on any atom is 0.0562 e. The monoisotopic (exact) mass is 133 g/mol. The molecule has 0 heterocycles. The van der Waals surface area contributed by atoms with E-state index < -0.39 is 6.10 Å². The van der Waals surface area contributed by atoms with Gasteiger partial charge >= 0.3 is 0 Å².